The number of hydrogen-bond donors (Lipinski definition) is 1. The molecule has 0 fully saturated rings. The van der Waals surface area contributed by atoms with E-state index in [9.17, 15) is 27.9 Å². The Labute approximate surface area is 212 Å². The minimum atomic E-state index is -4.90. The van der Waals surface area contributed by atoms with Gasteiger partial charge in [0.2, 0.25) is 0 Å². The molecule has 4 aromatic rings. The first kappa shape index (κ1) is 26.3. The van der Waals surface area contributed by atoms with Crippen LogP contribution >= 0.6 is 11.6 Å². The third-order valence-corrected chi connectivity index (χ3v) is 5.84. The average Bonchev–Trinajstić information content (AvgIpc) is 3.18. The summed E-state index contributed by atoms with van der Waals surface area (Å²) in [6.07, 6.45) is -4.72. The van der Waals surface area contributed by atoms with Crippen molar-refractivity contribution >= 4 is 22.8 Å². The van der Waals surface area contributed by atoms with Crippen LogP contribution in [0.3, 0.4) is 0 Å². The number of halogens is 4. The first-order chi connectivity index (χ1) is 17.5. The molecule has 0 bridgehead atoms. The maximum atomic E-state index is 13.4. The molecule has 0 saturated carbocycles. The number of fused-ring (bicyclic) bond motifs is 1. The lowest BCUT2D eigenvalue weighted by Gasteiger charge is -2.14. The van der Waals surface area contributed by atoms with Crippen LogP contribution in [-0.2, 0) is 20.1 Å². The lowest BCUT2D eigenvalue weighted by Crippen LogP contribution is -2.39. The van der Waals surface area contributed by atoms with Gasteiger partial charge in [0.05, 0.1) is 6.54 Å². The largest absolute Gasteiger partial charge is 0.573 e. The van der Waals surface area contributed by atoms with Crippen molar-refractivity contribution in [2.24, 2.45) is 7.05 Å². The van der Waals surface area contributed by atoms with Crippen molar-refractivity contribution in [1.82, 2.24) is 18.7 Å². The molecule has 2 aromatic heterocycles. The average molecular weight is 539 g/mol. The van der Waals surface area contributed by atoms with Crippen LogP contribution < -0.4 is 20.7 Å². The summed E-state index contributed by atoms with van der Waals surface area (Å²) >= 11 is 5.99. The first-order valence-corrected chi connectivity index (χ1v) is 11.5. The van der Waals surface area contributed by atoms with E-state index in [4.69, 9.17) is 16.3 Å². The van der Waals surface area contributed by atoms with E-state index in [1.807, 2.05) is 0 Å². The van der Waals surface area contributed by atoms with Gasteiger partial charge in [-0.1, -0.05) is 29.8 Å². The fourth-order valence-electron chi connectivity index (χ4n) is 3.76. The van der Waals surface area contributed by atoms with Crippen molar-refractivity contribution in [1.29, 1.82) is 0 Å². The van der Waals surface area contributed by atoms with Crippen molar-refractivity contribution in [2.75, 3.05) is 6.61 Å². The molecular formula is C24H22ClF3N4O5. The summed E-state index contributed by atoms with van der Waals surface area (Å²) in [7, 11) is 1.44. The summed E-state index contributed by atoms with van der Waals surface area (Å²) in [5.74, 6) is -0.479. The van der Waals surface area contributed by atoms with Gasteiger partial charge in [0, 0.05) is 31.3 Å². The summed E-state index contributed by atoms with van der Waals surface area (Å²) in [5.41, 5.74) is -0.00695. The highest BCUT2D eigenvalue weighted by molar-refractivity contribution is 6.30. The van der Waals surface area contributed by atoms with Gasteiger partial charge in [0.15, 0.2) is 11.2 Å². The Morgan fingerprint density at radius 3 is 2.43 bits per heavy atom. The molecule has 0 saturated heterocycles. The van der Waals surface area contributed by atoms with Gasteiger partial charge in [-0.05, 0) is 42.7 Å². The summed E-state index contributed by atoms with van der Waals surface area (Å²) < 4.78 is 51.8. The van der Waals surface area contributed by atoms with E-state index in [0.717, 1.165) is 22.3 Å². The minimum Gasteiger partial charge on any atom is -0.425 e. The molecular weight excluding hydrogens is 517 g/mol. The molecule has 13 heteroatoms. The van der Waals surface area contributed by atoms with Gasteiger partial charge in [-0.15, -0.1) is 13.2 Å². The maximum absolute atomic E-state index is 13.4. The van der Waals surface area contributed by atoms with Gasteiger partial charge < -0.3 is 14.6 Å². The Balaban J connectivity index is 1.90. The Bertz CT molecular complexity index is 1560. The second-order valence-corrected chi connectivity index (χ2v) is 8.67. The normalized spacial score (nSPS) is 11.8. The van der Waals surface area contributed by atoms with Gasteiger partial charge in [-0.2, -0.15) is 4.98 Å². The Kier molecular flexibility index (Phi) is 7.32. The van der Waals surface area contributed by atoms with Crippen LogP contribution in [0.15, 0.2) is 52.1 Å². The summed E-state index contributed by atoms with van der Waals surface area (Å²) in [6.45, 7) is 1.46. The molecule has 0 atom stereocenters. The van der Waals surface area contributed by atoms with E-state index in [1.54, 1.807) is 31.2 Å². The standard InChI is InChI=1S/C24H22ClF3N4O5/c1-14-4-9-17(37-24(26,27)28)12-18(14)36-22-29-20-19(32(22)13-15-5-7-16(25)8-6-15)21(34)31(10-3-11-33)23(35)30(20)2/h4-9,12,33H,3,10-11,13H2,1-2H3. The zero-order chi connectivity index (χ0) is 26.9. The molecule has 9 nitrogen and oxygen atoms in total. The fourth-order valence-corrected chi connectivity index (χ4v) is 3.89. The predicted molar refractivity (Wildman–Crippen MR) is 129 cm³/mol. The van der Waals surface area contributed by atoms with Gasteiger partial charge in [-0.3, -0.25) is 18.5 Å². The highest BCUT2D eigenvalue weighted by atomic mass is 35.5. The number of benzene rings is 2. The van der Waals surface area contributed by atoms with E-state index in [1.165, 1.54) is 22.2 Å². The van der Waals surface area contributed by atoms with Gasteiger partial charge in [-0.25, -0.2) is 4.79 Å². The first-order valence-electron chi connectivity index (χ1n) is 11.1. The number of nitrogens with zero attached hydrogens (tertiary/aromatic N) is 4. The molecule has 0 aliphatic carbocycles. The van der Waals surface area contributed by atoms with E-state index in [0.29, 0.717) is 10.6 Å². The van der Waals surface area contributed by atoms with Crippen LogP contribution in [0.2, 0.25) is 5.02 Å². The van der Waals surface area contributed by atoms with Gasteiger partial charge in [0.25, 0.3) is 5.56 Å². The van der Waals surface area contributed by atoms with Crippen molar-refractivity contribution < 1.29 is 27.8 Å². The highest BCUT2D eigenvalue weighted by Gasteiger charge is 2.31. The molecule has 196 valence electrons. The molecule has 2 heterocycles. The van der Waals surface area contributed by atoms with E-state index < -0.39 is 23.4 Å². The fraction of sp³-hybridized carbons (Fsp3) is 0.292. The van der Waals surface area contributed by atoms with Crippen molar-refractivity contribution in [3.63, 3.8) is 0 Å². The molecule has 2 aromatic carbocycles. The second kappa shape index (κ2) is 10.3. The summed E-state index contributed by atoms with van der Waals surface area (Å²) in [5, 5.41) is 9.70. The minimum absolute atomic E-state index is 0.0139. The van der Waals surface area contributed by atoms with Crippen molar-refractivity contribution in [3.8, 4) is 17.5 Å². The smallest absolute Gasteiger partial charge is 0.425 e. The quantitative estimate of drug-likeness (QED) is 0.364. The van der Waals surface area contributed by atoms with Crippen LogP contribution in [0, 0.1) is 6.92 Å². The maximum Gasteiger partial charge on any atom is 0.573 e. The number of aryl methyl sites for hydroxylation is 2. The van der Waals surface area contributed by atoms with Gasteiger partial charge >= 0.3 is 18.1 Å². The third kappa shape index (κ3) is 5.65. The van der Waals surface area contributed by atoms with Crippen LogP contribution in [0.4, 0.5) is 13.2 Å². The molecule has 0 amide bonds. The Hall–Kier alpha value is -3.77. The molecule has 0 radical (unpaired) electrons. The third-order valence-electron chi connectivity index (χ3n) is 5.59. The zero-order valence-electron chi connectivity index (χ0n) is 19.8. The second-order valence-electron chi connectivity index (χ2n) is 8.23. The van der Waals surface area contributed by atoms with Gasteiger partial charge in [0.1, 0.15) is 11.5 Å². The number of rotatable bonds is 8. The number of hydrogen-bond acceptors (Lipinski definition) is 6. The van der Waals surface area contributed by atoms with Crippen molar-refractivity contribution in [2.45, 2.75) is 32.8 Å². The van der Waals surface area contributed by atoms with Crippen molar-refractivity contribution in [3.05, 3.63) is 79.5 Å². The monoisotopic (exact) mass is 538 g/mol. The summed E-state index contributed by atoms with van der Waals surface area (Å²) in [6, 6.07) is 10.3. The molecule has 0 unspecified atom stereocenters. The van der Waals surface area contributed by atoms with E-state index >= 15 is 0 Å². The Morgan fingerprint density at radius 1 is 1.08 bits per heavy atom. The molecule has 37 heavy (non-hydrogen) atoms. The van der Waals surface area contributed by atoms with Crippen LogP contribution in [0.25, 0.3) is 11.2 Å². The molecule has 4 rings (SSSR count). The number of ether oxygens (including phenoxy) is 2. The lowest BCUT2D eigenvalue weighted by molar-refractivity contribution is -0.274. The number of alkyl halides is 3. The van der Waals surface area contributed by atoms with E-state index in [-0.39, 0.29) is 49.0 Å². The SMILES string of the molecule is Cc1ccc(OC(F)(F)F)cc1Oc1nc2c(c(=O)n(CCCO)c(=O)n2C)n1Cc1ccc(Cl)cc1. The highest BCUT2D eigenvalue weighted by Crippen LogP contribution is 2.32. The molecule has 0 spiro atoms. The van der Waals surface area contributed by atoms with Crippen LogP contribution in [0.1, 0.15) is 17.5 Å². The number of aliphatic hydroxyl groups excluding tert-OH is 1. The summed E-state index contributed by atoms with van der Waals surface area (Å²) in [4.78, 5) is 30.6. The molecule has 1 N–H and O–H groups in total. The van der Waals surface area contributed by atoms with Crippen LogP contribution in [-0.4, -0.2) is 36.8 Å². The Morgan fingerprint density at radius 2 is 1.78 bits per heavy atom. The predicted octanol–water partition coefficient (Wildman–Crippen LogP) is 3.98. The number of imidazole rings is 1. The molecule has 0 aliphatic rings. The van der Waals surface area contributed by atoms with Crippen LogP contribution in [0.5, 0.6) is 17.5 Å². The lowest BCUT2D eigenvalue weighted by atomic mass is 10.2. The zero-order valence-corrected chi connectivity index (χ0v) is 20.5. The number of aliphatic hydroxyl groups is 1. The molecule has 0 aliphatic heterocycles. The van der Waals surface area contributed by atoms with E-state index in [2.05, 4.69) is 9.72 Å². The number of aromatic nitrogens is 4. The topological polar surface area (TPSA) is 101 Å².